The van der Waals surface area contributed by atoms with E-state index in [2.05, 4.69) is 41.0 Å². The number of piperazine rings is 1. The number of hydrogen-bond acceptors (Lipinski definition) is 15. The van der Waals surface area contributed by atoms with E-state index < -0.39 is 46.6 Å². The van der Waals surface area contributed by atoms with Crippen LogP contribution in [0.2, 0.25) is 5.02 Å². The summed E-state index contributed by atoms with van der Waals surface area (Å²) < 4.78 is 30.8. The number of rotatable bonds is 18. The van der Waals surface area contributed by atoms with Gasteiger partial charge in [0.2, 0.25) is 23.7 Å². The van der Waals surface area contributed by atoms with Crippen molar-refractivity contribution in [2.75, 3.05) is 105 Å². The maximum absolute atomic E-state index is 13.3. The van der Waals surface area contributed by atoms with Crippen molar-refractivity contribution in [3.63, 3.8) is 0 Å². The summed E-state index contributed by atoms with van der Waals surface area (Å²) in [7, 11) is 2.11. The Morgan fingerprint density at radius 1 is 0.937 bits per heavy atom. The molecule has 63 heavy (non-hydrogen) atoms. The van der Waals surface area contributed by atoms with E-state index in [9.17, 15) is 28.2 Å². The van der Waals surface area contributed by atoms with Crippen LogP contribution in [0, 0.1) is 0 Å². The van der Waals surface area contributed by atoms with E-state index in [4.69, 9.17) is 25.8 Å². The van der Waals surface area contributed by atoms with Crippen LogP contribution in [-0.2, 0) is 34.8 Å². The number of ether oxygens (including phenoxy) is 3. The molecule has 0 aliphatic carbocycles. The zero-order valence-electron chi connectivity index (χ0n) is 34.9. The van der Waals surface area contributed by atoms with Crippen molar-refractivity contribution in [3.8, 4) is 5.75 Å². The van der Waals surface area contributed by atoms with Gasteiger partial charge >= 0.3 is 0 Å². The van der Waals surface area contributed by atoms with E-state index in [0.29, 0.717) is 40.5 Å². The van der Waals surface area contributed by atoms with E-state index >= 15 is 0 Å². The summed E-state index contributed by atoms with van der Waals surface area (Å²) in [6.45, 7) is 4.58. The Labute approximate surface area is 371 Å². The molecule has 0 radical (unpaired) electrons. The summed E-state index contributed by atoms with van der Waals surface area (Å²) in [5.41, 5.74) is 3.27. The van der Waals surface area contributed by atoms with Gasteiger partial charge in [0.05, 0.1) is 67.0 Å². The van der Waals surface area contributed by atoms with Gasteiger partial charge in [0, 0.05) is 64.2 Å². The van der Waals surface area contributed by atoms with Crippen LogP contribution >= 0.6 is 11.6 Å². The van der Waals surface area contributed by atoms with E-state index in [1.807, 2.05) is 42.5 Å². The van der Waals surface area contributed by atoms with Gasteiger partial charge in [-0.25, -0.2) is 9.19 Å². The topological polar surface area (TPSA) is 217 Å². The lowest BCUT2D eigenvalue weighted by atomic mass is 10.0. The SMILES string of the molecule is COc1cc(N2CCN(CCOCCOCC(=O)Nc3cccc4c3C(=O)N(C3CCC(=O)NC3=O)C4=O)CC2)ccc1Nc1ncc(Cl)c(Nc2ccccc2N(C)S(C)=O)n1. The third-order valence-electron chi connectivity index (χ3n) is 10.7. The summed E-state index contributed by atoms with van der Waals surface area (Å²) in [5, 5.41) is 11.6. The van der Waals surface area contributed by atoms with Gasteiger partial charge in [-0.3, -0.25) is 43.4 Å². The molecule has 3 aliphatic rings. The zero-order valence-corrected chi connectivity index (χ0v) is 36.4. The Morgan fingerprint density at radius 3 is 2.46 bits per heavy atom. The minimum absolute atomic E-state index is 0.00562. The van der Waals surface area contributed by atoms with Gasteiger partial charge in [0.15, 0.2) is 5.82 Å². The summed E-state index contributed by atoms with van der Waals surface area (Å²) >= 11 is 6.47. The molecule has 19 nitrogen and oxygen atoms in total. The second kappa shape index (κ2) is 20.3. The van der Waals surface area contributed by atoms with Gasteiger partial charge in [0.1, 0.15) is 34.4 Å². The monoisotopic (exact) mass is 902 g/mol. The molecular formula is C42H47ClN10O9S. The Balaban J connectivity index is 0.818. The number of nitrogens with one attached hydrogen (secondary N) is 4. The second-order valence-corrected chi connectivity index (χ2v) is 16.5. The van der Waals surface area contributed by atoms with Crippen molar-refractivity contribution in [2.24, 2.45) is 0 Å². The number of piperidine rings is 1. The lowest BCUT2D eigenvalue weighted by Crippen LogP contribution is -2.54. The Bertz CT molecular complexity index is 2420. The number of hydrogen-bond donors (Lipinski definition) is 4. The van der Waals surface area contributed by atoms with Crippen LogP contribution in [0.3, 0.4) is 0 Å². The molecule has 21 heteroatoms. The molecule has 1 aromatic heterocycles. The Hall–Kier alpha value is -6.19. The number of fused-ring (bicyclic) bond motifs is 1. The Morgan fingerprint density at radius 2 is 1.70 bits per heavy atom. The molecule has 5 amide bonds. The highest BCUT2D eigenvalue weighted by Gasteiger charge is 2.45. The predicted octanol–water partition coefficient (Wildman–Crippen LogP) is 3.55. The van der Waals surface area contributed by atoms with Crippen molar-refractivity contribution in [2.45, 2.75) is 18.9 Å². The number of benzene rings is 3. The highest BCUT2D eigenvalue weighted by Crippen LogP contribution is 2.35. The summed E-state index contributed by atoms with van der Waals surface area (Å²) in [5.74, 6) is -1.78. The number of aromatic nitrogens is 2. The minimum Gasteiger partial charge on any atom is -0.494 e. The molecule has 3 aromatic carbocycles. The van der Waals surface area contributed by atoms with Crippen LogP contribution < -0.4 is 35.2 Å². The van der Waals surface area contributed by atoms with Crippen molar-refractivity contribution in [1.82, 2.24) is 25.1 Å². The molecule has 4 heterocycles. The Kier molecular flexibility index (Phi) is 14.5. The molecule has 7 rings (SSSR count). The molecule has 0 spiro atoms. The average molecular weight is 903 g/mol. The number of imide groups is 2. The first-order valence-corrected chi connectivity index (χ1v) is 22.0. The summed E-state index contributed by atoms with van der Waals surface area (Å²) in [6, 6.07) is 16.7. The molecule has 0 saturated carbocycles. The fourth-order valence-electron chi connectivity index (χ4n) is 7.35. The van der Waals surface area contributed by atoms with Gasteiger partial charge in [-0.1, -0.05) is 29.8 Å². The minimum atomic E-state index is -1.23. The van der Waals surface area contributed by atoms with Crippen LogP contribution in [0.4, 0.5) is 40.2 Å². The first kappa shape index (κ1) is 44.9. The van der Waals surface area contributed by atoms with Gasteiger partial charge < -0.3 is 35.1 Å². The number of nitrogens with zero attached hydrogens (tertiary/aromatic N) is 6. The molecule has 4 aromatic rings. The first-order chi connectivity index (χ1) is 30.4. The number of para-hydroxylation sites is 2. The maximum Gasteiger partial charge on any atom is 0.264 e. The van der Waals surface area contributed by atoms with Crippen LogP contribution in [0.5, 0.6) is 5.75 Å². The molecular weight excluding hydrogens is 856 g/mol. The van der Waals surface area contributed by atoms with Crippen molar-refractivity contribution < 1.29 is 42.4 Å². The third-order valence-corrected chi connectivity index (χ3v) is 11.9. The highest BCUT2D eigenvalue weighted by molar-refractivity contribution is 7.85. The highest BCUT2D eigenvalue weighted by atomic mass is 35.5. The molecule has 0 bridgehead atoms. The molecule has 2 unspecified atom stereocenters. The summed E-state index contributed by atoms with van der Waals surface area (Å²) in [6.07, 6.45) is 3.14. The smallest absolute Gasteiger partial charge is 0.264 e. The van der Waals surface area contributed by atoms with E-state index in [-0.39, 0.29) is 49.5 Å². The second-order valence-electron chi connectivity index (χ2n) is 14.7. The number of methoxy groups -OCH3 is 1. The molecule has 4 N–H and O–H groups in total. The van der Waals surface area contributed by atoms with E-state index in [0.717, 1.165) is 49.0 Å². The summed E-state index contributed by atoms with van der Waals surface area (Å²) in [4.78, 5) is 77.4. The maximum atomic E-state index is 13.3. The van der Waals surface area contributed by atoms with Crippen molar-refractivity contribution in [1.29, 1.82) is 0 Å². The molecule has 2 saturated heterocycles. The van der Waals surface area contributed by atoms with Crippen LogP contribution in [-0.4, -0.2) is 139 Å². The lowest BCUT2D eigenvalue weighted by molar-refractivity contribution is -0.136. The predicted molar refractivity (Wildman–Crippen MR) is 238 cm³/mol. The first-order valence-electron chi connectivity index (χ1n) is 20.1. The zero-order chi connectivity index (χ0) is 44.6. The quantitative estimate of drug-likeness (QED) is 0.0830. The fraction of sp³-hybridized carbons (Fsp3) is 0.357. The van der Waals surface area contributed by atoms with Gasteiger partial charge in [-0.2, -0.15) is 4.98 Å². The number of anilines is 7. The van der Waals surface area contributed by atoms with Crippen LogP contribution in [0.15, 0.2) is 66.9 Å². The van der Waals surface area contributed by atoms with E-state index in [1.54, 1.807) is 24.7 Å². The fourth-order valence-corrected chi connectivity index (χ4v) is 7.92. The molecule has 332 valence electrons. The molecule has 3 aliphatic heterocycles. The van der Waals surface area contributed by atoms with Crippen LogP contribution in [0.25, 0.3) is 0 Å². The molecule has 2 fully saturated rings. The largest absolute Gasteiger partial charge is 0.494 e. The standard InChI is InChI=1S/C42H47ClN10O9S/c1-50(63(3)59)32-10-5-4-8-29(32)46-38-28(43)24-44-42(49-38)47-30-12-11-26(23-34(30)60-2)52-17-15-51(16-18-52)19-20-61-21-22-62-25-36(55)45-31-9-6-7-27-37(31)41(58)53(40(27)57)33-13-14-35(54)48-39(33)56/h4-12,23-24,33H,13-22,25H2,1-3H3,(H,45,55)(H,48,54,56)(H2,44,46,47,49). The number of halogens is 1. The van der Waals surface area contributed by atoms with Gasteiger partial charge in [-0.05, 0) is 42.8 Å². The lowest BCUT2D eigenvalue weighted by Gasteiger charge is -2.36. The van der Waals surface area contributed by atoms with Gasteiger partial charge in [-0.15, -0.1) is 0 Å². The number of amides is 5. The normalized spacial score (nSPS) is 17.0. The number of carbonyl (C=O) groups excluding carboxylic acids is 5. The van der Waals surface area contributed by atoms with E-state index in [1.165, 1.54) is 24.4 Å². The molecule has 2 atom stereocenters. The van der Waals surface area contributed by atoms with Crippen molar-refractivity contribution >= 4 is 92.3 Å². The third kappa shape index (κ3) is 10.5. The number of carbonyl (C=O) groups is 5. The van der Waals surface area contributed by atoms with Crippen LogP contribution in [0.1, 0.15) is 33.6 Å². The van der Waals surface area contributed by atoms with Gasteiger partial charge in [0.25, 0.3) is 11.8 Å². The van der Waals surface area contributed by atoms with Crippen molar-refractivity contribution in [3.05, 3.63) is 83.0 Å². The average Bonchev–Trinajstić information content (AvgIpc) is 3.53.